The van der Waals surface area contributed by atoms with E-state index in [1.54, 1.807) is 6.07 Å². The van der Waals surface area contributed by atoms with Crippen LogP contribution in [0.25, 0.3) is 5.70 Å². The summed E-state index contributed by atoms with van der Waals surface area (Å²) in [7, 11) is 0. The van der Waals surface area contributed by atoms with Gasteiger partial charge < -0.3 is 14.9 Å². The van der Waals surface area contributed by atoms with Crippen molar-refractivity contribution in [2.45, 2.75) is 32.4 Å². The molecule has 1 fully saturated rings. The van der Waals surface area contributed by atoms with Crippen molar-refractivity contribution in [1.82, 2.24) is 9.80 Å². The first kappa shape index (κ1) is 29.0. The summed E-state index contributed by atoms with van der Waals surface area (Å²) in [5, 5.41) is 22.7. The molecule has 1 aliphatic heterocycles. The fourth-order valence-electron chi connectivity index (χ4n) is 5.44. The van der Waals surface area contributed by atoms with Gasteiger partial charge in [0, 0.05) is 55.0 Å². The Hall–Kier alpha value is -3.01. The van der Waals surface area contributed by atoms with Gasteiger partial charge in [-0.05, 0) is 73.9 Å². The largest absolute Gasteiger partial charge is 0.384 e. The molecule has 3 aromatic carbocycles. The van der Waals surface area contributed by atoms with Crippen LogP contribution in [0.1, 0.15) is 49.1 Å². The van der Waals surface area contributed by atoms with E-state index in [9.17, 15) is 10.4 Å². The minimum atomic E-state index is -1.07. The molecule has 0 amide bonds. The summed E-state index contributed by atoms with van der Waals surface area (Å²) in [4.78, 5) is 6.78. The molecule has 7 heteroatoms. The van der Waals surface area contributed by atoms with E-state index in [1.807, 2.05) is 55.5 Å². The second kappa shape index (κ2) is 12.4. The molecule has 0 aromatic heterocycles. The van der Waals surface area contributed by atoms with E-state index >= 15 is 0 Å². The lowest BCUT2D eigenvalue weighted by molar-refractivity contribution is 0.0103. The maximum absolute atomic E-state index is 11.7. The molecule has 204 valence electrons. The van der Waals surface area contributed by atoms with Gasteiger partial charge in [0.05, 0.1) is 22.9 Å². The zero-order valence-electron chi connectivity index (χ0n) is 22.9. The van der Waals surface area contributed by atoms with Crippen LogP contribution < -0.4 is 4.90 Å². The maximum Gasteiger partial charge on any atom is 0.101 e. The molecule has 0 aliphatic carbocycles. The molecule has 3 aromatic rings. The van der Waals surface area contributed by atoms with Gasteiger partial charge in [0.25, 0.3) is 0 Å². The Morgan fingerprint density at radius 3 is 2.41 bits per heavy atom. The highest BCUT2D eigenvalue weighted by Gasteiger charge is 2.34. The number of benzene rings is 3. The fourth-order valence-corrected chi connectivity index (χ4v) is 5.74. The molecule has 1 aliphatic rings. The minimum absolute atomic E-state index is 0.0335. The monoisotopic (exact) mass is 562 g/mol. The Labute approximate surface area is 242 Å². The van der Waals surface area contributed by atoms with Crippen LogP contribution in [0.5, 0.6) is 0 Å². The van der Waals surface area contributed by atoms with Crippen molar-refractivity contribution in [2.75, 3.05) is 44.2 Å². The van der Waals surface area contributed by atoms with Crippen LogP contribution >= 0.6 is 23.2 Å². The standard InChI is InChI=1S/C32H36Cl2N4O/c1-5-37(6-2)23(3)25-8-7-9-27(18-25)32(4,39)22-36-16-17-38(30-15-14-29(34)19-26(30)20-35)31(21-36)24-10-12-28(33)13-11-24/h7-15,18-19,31,39H,3,5-6,16-17,21-22H2,1-2,4H3/t31-,32+/m0/s1. The minimum Gasteiger partial charge on any atom is -0.384 e. The van der Waals surface area contributed by atoms with Gasteiger partial charge in [-0.1, -0.05) is 60.1 Å². The normalized spacial score (nSPS) is 17.4. The predicted octanol–water partition coefficient (Wildman–Crippen LogP) is 6.95. The number of nitriles is 1. The van der Waals surface area contributed by atoms with Crippen LogP contribution in [0.15, 0.2) is 73.3 Å². The third kappa shape index (κ3) is 6.59. The highest BCUT2D eigenvalue weighted by atomic mass is 35.5. The maximum atomic E-state index is 11.7. The lowest BCUT2D eigenvalue weighted by Gasteiger charge is -2.45. The first-order valence-electron chi connectivity index (χ1n) is 13.4. The molecule has 39 heavy (non-hydrogen) atoms. The Bertz CT molecular complexity index is 1350. The summed E-state index contributed by atoms with van der Waals surface area (Å²) < 4.78 is 0. The van der Waals surface area contributed by atoms with E-state index in [4.69, 9.17) is 23.2 Å². The quantitative estimate of drug-likeness (QED) is 0.306. The van der Waals surface area contributed by atoms with Gasteiger partial charge in [0.2, 0.25) is 0 Å². The topological polar surface area (TPSA) is 53.7 Å². The van der Waals surface area contributed by atoms with Gasteiger partial charge in [-0.2, -0.15) is 5.26 Å². The molecular weight excluding hydrogens is 527 g/mol. The smallest absolute Gasteiger partial charge is 0.101 e. The number of hydrogen-bond acceptors (Lipinski definition) is 5. The van der Waals surface area contributed by atoms with Crippen molar-refractivity contribution in [2.24, 2.45) is 0 Å². The van der Waals surface area contributed by atoms with Crippen molar-refractivity contribution in [3.63, 3.8) is 0 Å². The van der Waals surface area contributed by atoms with E-state index in [-0.39, 0.29) is 6.04 Å². The number of aliphatic hydroxyl groups is 1. The Balaban J connectivity index is 1.60. The van der Waals surface area contributed by atoms with Crippen LogP contribution in [-0.2, 0) is 5.60 Å². The van der Waals surface area contributed by atoms with E-state index in [0.717, 1.165) is 47.7 Å². The van der Waals surface area contributed by atoms with Crippen molar-refractivity contribution in [1.29, 1.82) is 5.26 Å². The molecule has 1 N–H and O–H groups in total. The Morgan fingerprint density at radius 1 is 1.05 bits per heavy atom. The highest BCUT2D eigenvalue weighted by molar-refractivity contribution is 6.31. The van der Waals surface area contributed by atoms with Gasteiger partial charge in [-0.3, -0.25) is 4.90 Å². The van der Waals surface area contributed by atoms with Gasteiger partial charge in [-0.25, -0.2) is 0 Å². The molecular formula is C32H36Cl2N4O. The first-order valence-corrected chi connectivity index (χ1v) is 14.1. The number of β-amino-alcohol motifs (C(OH)–C–C–N with tert-alkyl or cyclic N) is 1. The zero-order chi connectivity index (χ0) is 28.2. The molecule has 2 atom stereocenters. The van der Waals surface area contributed by atoms with Crippen molar-refractivity contribution in [3.05, 3.63) is 106 Å². The van der Waals surface area contributed by atoms with Crippen LogP contribution in [0.3, 0.4) is 0 Å². The SMILES string of the molecule is C=C(c1cccc([C@](C)(O)CN2CCN(c3ccc(Cl)cc3C#N)[C@H](c3ccc(Cl)cc3)C2)c1)N(CC)CC. The van der Waals surface area contributed by atoms with Gasteiger partial charge in [0.15, 0.2) is 0 Å². The van der Waals surface area contributed by atoms with Crippen molar-refractivity contribution < 1.29 is 5.11 Å². The summed E-state index contributed by atoms with van der Waals surface area (Å²) in [6.45, 7) is 14.8. The fraction of sp³-hybridized carbons (Fsp3) is 0.344. The Morgan fingerprint density at radius 2 is 1.74 bits per heavy atom. The summed E-state index contributed by atoms with van der Waals surface area (Å²) in [5.41, 5.74) is 4.29. The number of rotatable bonds is 9. The first-order chi connectivity index (χ1) is 18.7. The van der Waals surface area contributed by atoms with Crippen molar-refractivity contribution in [3.8, 4) is 6.07 Å². The Kier molecular flexibility index (Phi) is 9.25. The summed E-state index contributed by atoms with van der Waals surface area (Å²) >= 11 is 12.4. The highest BCUT2D eigenvalue weighted by Crippen LogP contribution is 2.36. The molecule has 0 saturated carbocycles. The summed E-state index contributed by atoms with van der Waals surface area (Å²) in [6.07, 6.45) is 0. The second-order valence-corrected chi connectivity index (χ2v) is 11.1. The molecule has 0 spiro atoms. The molecule has 0 unspecified atom stereocenters. The molecule has 0 bridgehead atoms. The number of halogens is 2. The van der Waals surface area contributed by atoms with E-state index in [2.05, 4.69) is 53.3 Å². The molecule has 1 heterocycles. The van der Waals surface area contributed by atoms with Crippen LogP contribution in [0.2, 0.25) is 10.0 Å². The van der Waals surface area contributed by atoms with Crippen molar-refractivity contribution >= 4 is 34.6 Å². The predicted molar refractivity (Wildman–Crippen MR) is 162 cm³/mol. The third-order valence-corrected chi connectivity index (χ3v) is 8.09. The van der Waals surface area contributed by atoms with Crippen LogP contribution in [-0.4, -0.2) is 54.2 Å². The third-order valence-electron chi connectivity index (χ3n) is 7.60. The van der Waals surface area contributed by atoms with Crippen LogP contribution in [0.4, 0.5) is 5.69 Å². The number of hydrogen-bond donors (Lipinski definition) is 1. The zero-order valence-corrected chi connectivity index (χ0v) is 24.4. The average Bonchev–Trinajstić information content (AvgIpc) is 2.94. The average molecular weight is 564 g/mol. The number of piperazine rings is 1. The molecule has 0 radical (unpaired) electrons. The van der Waals surface area contributed by atoms with Gasteiger partial charge in [-0.15, -0.1) is 0 Å². The summed E-state index contributed by atoms with van der Waals surface area (Å²) in [6, 6.07) is 23.7. The molecule has 5 nitrogen and oxygen atoms in total. The molecule has 1 saturated heterocycles. The van der Waals surface area contributed by atoms with E-state index in [1.165, 1.54) is 0 Å². The van der Waals surface area contributed by atoms with Gasteiger partial charge in [0.1, 0.15) is 6.07 Å². The summed E-state index contributed by atoms with van der Waals surface area (Å²) in [5.74, 6) is 0. The van der Waals surface area contributed by atoms with Crippen LogP contribution in [0, 0.1) is 11.3 Å². The second-order valence-electron chi connectivity index (χ2n) is 10.2. The molecule has 4 rings (SSSR count). The van der Waals surface area contributed by atoms with E-state index < -0.39 is 5.60 Å². The lowest BCUT2D eigenvalue weighted by atomic mass is 9.92. The van der Waals surface area contributed by atoms with Gasteiger partial charge >= 0.3 is 0 Å². The number of anilines is 1. The van der Waals surface area contributed by atoms with E-state index in [0.29, 0.717) is 35.2 Å². The lowest BCUT2D eigenvalue weighted by Crippen LogP contribution is -2.52. The number of nitrogens with zero attached hydrogens (tertiary/aromatic N) is 4.